The third-order valence-corrected chi connectivity index (χ3v) is 4.52. The van der Waals surface area contributed by atoms with Gasteiger partial charge in [-0.15, -0.1) is 10.2 Å². The third kappa shape index (κ3) is 4.37. The summed E-state index contributed by atoms with van der Waals surface area (Å²) in [6.45, 7) is 3.56. The molecule has 0 radical (unpaired) electrons. The number of esters is 1. The van der Waals surface area contributed by atoms with Crippen LogP contribution in [0.2, 0.25) is 5.02 Å². The van der Waals surface area contributed by atoms with E-state index in [1.807, 2.05) is 25.1 Å². The summed E-state index contributed by atoms with van der Waals surface area (Å²) >= 11 is 7.37. The zero-order chi connectivity index (χ0) is 17.8. The van der Waals surface area contributed by atoms with Crippen molar-refractivity contribution in [2.75, 3.05) is 5.75 Å². The van der Waals surface area contributed by atoms with Gasteiger partial charge in [-0.2, -0.15) is 4.98 Å². The number of carbonyl (C=O) groups excluding carboxylic acids is 1. The van der Waals surface area contributed by atoms with Crippen LogP contribution in [0, 0.1) is 13.8 Å². The first-order valence-electron chi connectivity index (χ1n) is 7.27. The summed E-state index contributed by atoms with van der Waals surface area (Å²) in [5.41, 5.74) is 1.80. The highest BCUT2D eigenvalue weighted by Crippen LogP contribution is 2.23. The highest BCUT2D eigenvalue weighted by atomic mass is 35.5. The fourth-order valence-electron chi connectivity index (χ4n) is 1.94. The van der Waals surface area contributed by atoms with Gasteiger partial charge in [0.2, 0.25) is 0 Å². The lowest BCUT2D eigenvalue weighted by molar-refractivity contribution is -0.142. The number of ether oxygens (including phenoxy) is 1. The van der Waals surface area contributed by atoms with E-state index in [0.29, 0.717) is 16.0 Å². The number of hydrogen-bond acceptors (Lipinski definition) is 8. The maximum absolute atomic E-state index is 11.9. The molecule has 3 rings (SSSR count). The quantitative estimate of drug-likeness (QED) is 0.476. The summed E-state index contributed by atoms with van der Waals surface area (Å²) in [5, 5.41) is 12.7. The van der Waals surface area contributed by atoms with Crippen LogP contribution >= 0.6 is 23.4 Å². The van der Waals surface area contributed by atoms with E-state index in [1.165, 1.54) is 11.8 Å². The number of aromatic nitrogens is 5. The predicted octanol–water partition coefficient (Wildman–Crippen LogP) is 2.76. The minimum absolute atomic E-state index is 0.0551. The molecule has 0 N–H and O–H groups in total. The van der Waals surface area contributed by atoms with Crippen molar-refractivity contribution in [2.24, 2.45) is 0 Å². The van der Waals surface area contributed by atoms with Crippen LogP contribution in [-0.2, 0) is 16.1 Å². The molecule has 2 heterocycles. The number of rotatable bonds is 6. The molecule has 0 saturated carbocycles. The van der Waals surface area contributed by atoms with Crippen molar-refractivity contribution in [3.05, 3.63) is 46.8 Å². The molecule has 1 aromatic carbocycles. The van der Waals surface area contributed by atoms with Crippen LogP contribution in [0.25, 0.3) is 5.69 Å². The second-order valence-electron chi connectivity index (χ2n) is 5.10. The molecule has 0 fully saturated rings. The molecule has 10 heteroatoms. The van der Waals surface area contributed by atoms with Crippen molar-refractivity contribution in [1.82, 2.24) is 24.9 Å². The highest BCUT2D eigenvalue weighted by molar-refractivity contribution is 7.99. The Morgan fingerprint density at radius 1 is 1.40 bits per heavy atom. The van der Waals surface area contributed by atoms with Crippen LogP contribution in [0.15, 0.2) is 34.2 Å². The minimum atomic E-state index is -0.419. The molecule has 0 atom stereocenters. The normalized spacial score (nSPS) is 10.8. The van der Waals surface area contributed by atoms with Crippen molar-refractivity contribution < 1.29 is 14.1 Å². The second-order valence-corrected chi connectivity index (χ2v) is 6.45. The van der Waals surface area contributed by atoms with E-state index >= 15 is 0 Å². The van der Waals surface area contributed by atoms with Crippen molar-refractivity contribution in [3.8, 4) is 5.69 Å². The maximum Gasteiger partial charge on any atom is 0.316 e. The van der Waals surface area contributed by atoms with Crippen molar-refractivity contribution in [2.45, 2.75) is 25.6 Å². The molecule has 130 valence electrons. The van der Waals surface area contributed by atoms with E-state index in [4.69, 9.17) is 20.9 Å². The molecule has 0 saturated heterocycles. The predicted molar refractivity (Wildman–Crippen MR) is 90.7 cm³/mol. The SMILES string of the molecule is Cc1noc(COC(=O)CSc2nncn2-c2ccc(C)c(Cl)c2)n1. The van der Waals surface area contributed by atoms with Crippen LogP contribution < -0.4 is 0 Å². The fraction of sp³-hybridized carbons (Fsp3) is 0.267. The Labute approximate surface area is 152 Å². The first kappa shape index (κ1) is 17.4. The van der Waals surface area contributed by atoms with Crippen LogP contribution in [-0.4, -0.2) is 36.6 Å². The topological polar surface area (TPSA) is 95.9 Å². The lowest BCUT2D eigenvalue weighted by Crippen LogP contribution is -2.08. The molecule has 25 heavy (non-hydrogen) atoms. The second kappa shape index (κ2) is 7.66. The van der Waals surface area contributed by atoms with Gasteiger partial charge in [-0.05, 0) is 31.5 Å². The van der Waals surface area contributed by atoms with Crippen LogP contribution in [0.5, 0.6) is 0 Å². The van der Waals surface area contributed by atoms with E-state index < -0.39 is 5.97 Å². The number of benzene rings is 1. The molecule has 0 aliphatic rings. The maximum atomic E-state index is 11.9. The Hall–Kier alpha value is -2.39. The van der Waals surface area contributed by atoms with Gasteiger partial charge in [0.1, 0.15) is 6.33 Å². The van der Waals surface area contributed by atoms with Gasteiger partial charge in [0.15, 0.2) is 17.6 Å². The lowest BCUT2D eigenvalue weighted by Gasteiger charge is -2.07. The van der Waals surface area contributed by atoms with E-state index in [0.717, 1.165) is 11.3 Å². The average molecular weight is 380 g/mol. The first-order valence-corrected chi connectivity index (χ1v) is 8.63. The summed E-state index contributed by atoms with van der Waals surface area (Å²) in [4.78, 5) is 15.8. The standard InChI is InChI=1S/C15H14ClN5O3S/c1-9-3-4-11(5-12(9)16)21-8-17-19-15(21)25-7-14(22)23-6-13-18-10(2)20-24-13/h3-5,8H,6-7H2,1-2H3. The van der Waals surface area contributed by atoms with Gasteiger partial charge < -0.3 is 9.26 Å². The third-order valence-electron chi connectivity index (χ3n) is 3.20. The molecule has 0 unspecified atom stereocenters. The number of aryl methyl sites for hydroxylation is 2. The molecular weight excluding hydrogens is 366 g/mol. The molecule has 0 amide bonds. The monoisotopic (exact) mass is 379 g/mol. The van der Waals surface area contributed by atoms with Crippen molar-refractivity contribution in [1.29, 1.82) is 0 Å². The molecular formula is C15H14ClN5O3S. The Morgan fingerprint density at radius 2 is 2.24 bits per heavy atom. The number of hydrogen-bond donors (Lipinski definition) is 0. The molecule has 0 bridgehead atoms. The first-order chi connectivity index (χ1) is 12.0. The van der Waals surface area contributed by atoms with Gasteiger partial charge >= 0.3 is 5.97 Å². The van der Waals surface area contributed by atoms with Gasteiger partial charge in [0, 0.05) is 5.02 Å². The summed E-state index contributed by atoms with van der Waals surface area (Å²) in [6.07, 6.45) is 1.57. The lowest BCUT2D eigenvalue weighted by atomic mass is 10.2. The highest BCUT2D eigenvalue weighted by Gasteiger charge is 2.13. The molecule has 0 aliphatic heterocycles. The van der Waals surface area contributed by atoms with E-state index in [1.54, 1.807) is 17.8 Å². The largest absolute Gasteiger partial charge is 0.455 e. The molecule has 3 aromatic rings. The molecule has 0 spiro atoms. The number of halogens is 1. The summed E-state index contributed by atoms with van der Waals surface area (Å²) in [5.74, 6) is 0.404. The minimum Gasteiger partial charge on any atom is -0.455 e. The molecule has 2 aromatic heterocycles. The van der Waals surface area contributed by atoms with Gasteiger partial charge in [-0.25, -0.2) is 0 Å². The Bertz CT molecular complexity index is 895. The van der Waals surface area contributed by atoms with Crippen LogP contribution in [0.4, 0.5) is 0 Å². The Balaban J connectivity index is 1.59. The van der Waals surface area contributed by atoms with Crippen molar-refractivity contribution >= 4 is 29.3 Å². The fourth-order valence-corrected chi connectivity index (χ4v) is 2.84. The van der Waals surface area contributed by atoms with Gasteiger partial charge in [-0.1, -0.05) is 34.6 Å². The van der Waals surface area contributed by atoms with E-state index in [-0.39, 0.29) is 18.3 Å². The number of nitrogens with zero attached hydrogens (tertiary/aromatic N) is 5. The number of carbonyl (C=O) groups is 1. The zero-order valence-electron chi connectivity index (χ0n) is 13.5. The molecule has 8 nitrogen and oxygen atoms in total. The average Bonchev–Trinajstić information content (AvgIpc) is 3.22. The summed E-state index contributed by atoms with van der Waals surface area (Å²) in [6, 6.07) is 5.64. The summed E-state index contributed by atoms with van der Waals surface area (Å²) in [7, 11) is 0. The van der Waals surface area contributed by atoms with Crippen LogP contribution in [0.3, 0.4) is 0 Å². The van der Waals surface area contributed by atoms with Gasteiger partial charge in [-0.3, -0.25) is 9.36 Å². The van der Waals surface area contributed by atoms with Gasteiger partial charge in [0.05, 0.1) is 11.4 Å². The number of thioether (sulfide) groups is 1. The smallest absolute Gasteiger partial charge is 0.316 e. The van der Waals surface area contributed by atoms with Gasteiger partial charge in [0.25, 0.3) is 5.89 Å². The summed E-state index contributed by atoms with van der Waals surface area (Å²) < 4.78 is 11.7. The zero-order valence-corrected chi connectivity index (χ0v) is 15.0. The molecule has 0 aliphatic carbocycles. The van der Waals surface area contributed by atoms with Crippen LogP contribution in [0.1, 0.15) is 17.3 Å². The Morgan fingerprint density at radius 3 is 2.96 bits per heavy atom. The van der Waals surface area contributed by atoms with Crippen molar-refractivity contribution in [3.63, 3.8) is 0 Å². The Kier molecular flexibility index (Phi) is 5.34. The van der Waals surface area contributed by atoms with E-state index in [9.17, 15) is 4.79 Å². The van der Waals surface area contributed by atoms with E-state index in [2.05, 4.69) is 20.3 Å².